The molecule has 0 atom stereocenters. The van der Waals surface area contributed by atoms with Crippen LogP contribution in [0.3, 0.4) is 0 Å². The number of carbonyl (C=O) groups is 1. The molecule has 0 spiro atoms. The van der Waals surface area contributed by atoms with E-state index in [9.17, 15) is 9.90 Å². The first kappa shape index (κ1) is 21.8. The smallest absolute Gasteiger partial charge is 0.253 e. The molecule has 2 aliphatic rings. The van der Waals surface area contributed by atoms with Crippen LogP contribution in [0.2, 0.25) is 0 Å². The zero-order valence-electron chi connectivity index (χ0n) is 18.0. The summed E-state index contributed by atoms with van der Waals surface area (Å²) in [7, 11) is 0. The van der Waals surface area contributed by atoms with Gasteiger partial charge in [-0.15, -0.1) is 0 Å². The Morgan fingerprint density at radius 1 is 1.06 bits per heavy atom. The van der Waals surface area contributed by atoms with Gasteiger partial charge in [-0.05, 0) is 53.6 Å². The van der Waals surface area contributed by atoms with Gasteiger partial charge >= 0.3 is 0 Å². The minimum Gasteiger partial charge on any atom is -0.491 e. The van der Waals surface area contributed by atoms with Crippen molar-refractivity contribution in [1.29, 1.82) is 0 Å². The van der Waals surface area contributed by atoms with Crippen molar-refractivity contribution in [3.8, 4) is 5.75 Å². The Morgan fingerprint density at radius 2 is 1.90 bits per heavy atom. The average molecular weight is 425 g/mol. The Morgan fingerprint density at radius 3 is 2.74 bits per heavy atom. The van der Waals surface area contributed by atoms with Crippen LogP contribution in [-0.4, -0.2) is 62.0 Å². The molecule has 0 unspecified atom stereocenters. The quantitative estimate of drug-likeness (QED) is 0.776. The second-order valence-corrected chi connectivity index (χ2v) is 8.37. The van der Waals surface area contributed by atoms with Crippen LogP contribution in [0.4, 0.5) is 0 Å². The van der Waals surface area contributed by atoms with Gasteiger partial charge in [0.1, 0.15) is 12.4 Å². The fourth-order valence-electron chi connectivity index (χ4n) is 4.25. The first-order chi connectivity index (χ1) is 15.2. The number of ether oxygens (including phenoxy) is 2. The van der Waals surface area contributed by atoms with Gasteiger partial charge in [-0.2, -0.15) is 0 Å². The van der Waals surface area contributed by atoms with E-state index in [1.807, 2.05) is 23.1 Å². The molecule has 6 heteroatoms. The monoisotopic (exact) mass is 424 g/mol. The van der Waals surface area contributed by atoms with E-state index in [2.05, 4.69) is 29.6 Å². The van der Waals surface area contributed by atoms with Crippen LogP contribution in [0.5, 0.6) is 5.75 Å². The second-order valence-electron chi connectivity index (χ2n) is 8.37. The highest BCUT2D eigenvalue weighted by molar-refractivity contribution is 5.94. The molecule has 31 heavy (non-hydrogen) atoms. The third kappa shape index (κ3) is 5.85. The van der Waals surface area contributed by atoms with E-state index in [1.54, 1.807) is 0 Å². The van der Waals surface area contributed by atoms with Crippen molar-refractivity contribution in [2.45, 2.75) is 25.8 Å². The molecule has 2 aliphatic heterocycles. The fraction of sp³-hybridized carbons (Fsp3) is 0.480. The van der Waals surface area contributed by atoms with Crippen molar-refractivity contribution in [3.05, 3.63) is 64.7 Å². The number of aliphatic hydroxyl groups is 1. The van der Waals surface area contributed by atoms with Crippen LogP contribution in [0.15, 0.2) is 42.5 Å². The second kappa shape index (κ2) is 10.8. The van der Waals surface area contributed by atoms with Gasteiger partial charge in [-0.3, -0.25) is 4.79 Å². The van der Waals surface area contributed by atoms with Gasteiger partial charge in [0, 0.05) is 44.8 Å². The Bertz CT molecular complexity index is 878. The number of amides is 1. The number of nitrogens with zero attached hydrogens (tertiary/aromatic N) is 1. The molecule has 2 aromatic rings. The highest BCUT2D eigenvalue weighted by Crippen LogP contribution is 2.26. The lowest BCUT2D eigenvalue weighted by atomic mass is 9.96. The van der Waals surface area contributed by atoms with E-state index < -0.39 is 0 Å². The van der Waals surface area contributed by atoms with Crippen molar-refractivity contribution in [2.24, 2.45) is 5.92 Å². The predicted octanol–water partition coefficient (Wildman–Crippen LogP) is 2.62. The van der Waals surface area contributed by atoms with Crippen molar-refractivity contribution >= 4 is 5.91 Å². The summed E-state index contributed by atoms with van der Waals surface area (Å²) in [5.74, 6) is 1.17. The zero-order chi connectivity index (χ0) is 21.5. The van der Waals surface area contributed by atoms with Gasteiger partial charge in [0.15, 0.2) is 0 Å². The number of nitrogens with one attached hydrogen (secondary N) is 1. The summed E-state index contributed by atoms with van der Waals surface area (Å²) >= 11 is 0. The zero-order valence-corrected chi connectivity index (χ0v) is 18.0. The SMILES string of the molecule is O=C(c1ccc2c(c1)Cc1cccc(c1)CNCCOCCO2)N1CCC(CO)CC1. The first-order valence-corrected chi connectivity index (χ1v) is 11.2. The van der Waals surface area contributed by atoms with Crippen molar-refractivity contribution < 1.29 is 19.4 Å². The van der Waals surface area contributed by atoms with Gasteiger partial charge in [0.25, 0.3) is 5.91 Å². The normalized spacial score (nSPS) is 18.5. The molecule has 0 aromatic heterocycles. The molecule has 2 heterocycles. The van der Waals surface area contributed by atoms with Gasteiger partial charge in [-0.25, -0.2) is 0 Å². The average Bonchev–Trinajstić information content (AvgIpc) is 2.81. The van der Waals surface area contributed by atoms with Gasteiger partial charge < -0.3 is 24.8 Å². The lowest BCUT2D eigenvalue weighted by Crippen LogP contribution is -2.39. The summed E-state index contributed by atoms with van der Waals surface area (Å²) in [5.41, 5.74) is 4.14. The van der Waals surface area contributed by atoms with Crippen LogP contribution in [-0.2, 0) is 17.7 Å². The molecule has 0 radical (unpaired) electrons. The van der Waals surface area contributed by atoms with Crippen LogP contribution < -0.4 is 10.1 Å². The number of carbonyl (C=O) groups excluding carboxylic acids is 1. The molecule has 1 saturated heterocycles. The maximum Gasteiger partial charge on any atom is 0.253 e. The Kier molecular flexibility index (Phi) is 7.57. The minimum absolute atomic E-state index is 0.0554. The first-order valence-electron chi connectivity index (χ1n) is 11.2. The van der Waals surface area contributed by atoms with E-state index in [1.165, 1.54) is 11.1 Å². The molecule has 4 rings (SSSR count). The molecule has 1 fully saturated rings. The molecule has 6 nitrogen and oxygen atoms in total. The summed E-state index contributed by atoms with van der Waals surface area (Å²) < 4.78 is 11.7. The number of benzene rings is 2. The lowest BCUT2D eigenvalue weighted by molar-refractivity contribution is 0.0650. The van der Waals surface area contributed by atoms with Crippen molar-refractivity contribution in [2.75, 3.05) is 46.1 Å². The maximum absolute atomic E-state index is 13.1. The van der Waals surface area contributed by atoms with Crippen molar-refractivity contribution in [3.63, 3.8) is 0 Å². The number of rotatable bonds is 2. The van der Waals surface area contributed by atoms with Gasteiger partial charge in [0.05, 0.1) is 13.2 Å². The van der Waals surface area contributed by atoms with Gasteiger partial charge in [0.2, 0.25) is 0 Å². The predicted molar refractivity (Wildman–Crippen MR) is 119 cm³/mol. The molecule has 0 saturated carbocycles. The molecule has 2 bridgehead atoms. The van der Waals surface area contributed by atoms with Gasteiger partial charge in [-0.1, -0.05) is 24.3 Å². The molecular formula is C25H32N2O4. The topological polar surface area (TPSA) is 71.0 Å². The Labute approximate surface area is 184 Å². The number of hydrogen-bond acceptors (Lipinski definition) is 5. The number of fused-ring (bicyclic) bond motifs is 3. The Hall–Kier alpha value is -2.41. The van der Waals surface area contributed by atoms with Crippen LogP contribution in [0, 0.1) is 5.92 Å². The fourth-order valence-corrected chi connectivity index (χ4v) is 4.25. The lowest BCUT2D eigenvalue weighted by Gasteiger charge is -2.31. The Balaban J connectivity index is 1.56. The standard InChI is InChI=1S/C25H32N2O4/c28-18-19-6-9-27(10-7-19)25(29)22-4-5-24-23(16-22)15-20-2-1-3-21(14-20)17-26-8-11-30-12-13-31-24/h1-5,14,16,19,26,28H,6-13,15,17-18H2. The van der Waals surface area contributed by atoms with Crippen molar-refractivity contribution in [1.82, 2.24) is 10.2 Å². The summed E-state index contributed by atoms with van der Waals surface area (Å²) in [6.45, 7) is 4.88. The van der Waals surface area contributed by atoms with E-state index in [0.717, 1.165) is 37.2 Å². The summed E-state index contributed by atoms with van der Waals surface area (Å²) in [5, 5.41) is 12.8. The largest absolute Gasteiger partial charge is 0.491 e. The third-order valence-electron chi connectivity index (χ3n) is 6.09. The van der Waals surface area contributed by atoms with E-state index >= 15 is 0 Å². The van der Waals surface area contributed by atoms with Crippen LogP contribution >= 0.6 is 0 Å². The van der Waals surface area contributed by atoms with E-state index in [4.69, 9.17) is 9.47 Å². The van der Waals surface area contributed by atoms with Crippen LogP contribution in [0.25, 0.3) is 0 Å². The third-order valence-corrected chi connectivity index (χ3v) is 6.09. The summed E-state index contributed by atoms with van der Waals surface area (Å²) in [4.78, 5) is 15.0. The molecule has 166 valence electrons. The number of likely N-dealkylation sites (tertiary alicyclic amines) is 1. The number of hydrogen-bond donors (Lipinski definition) is 2. The number of piperidine rings is 1. The highest BCUT2D eigenvalue weighted by Gasteiger charge is 2.24. The molecule has 2 aromatic carbocycles. The highest BCUT2D eigenvalue weighted by atomic mass is 16.5. The molecular weight excluding hydrogens is 392 g/mol. The van der Waals surface area contributed by atoms with Crippen LogP contribution in [0.1, 0.15) is 39.9 Å². The number of aliphatic hydroxyl groups excluding tert-OH is 1. The van der Waals surface area contributed by atoms with E-state index in [0.29, 0.717) is 50.8 Å². The molecule has 0 aliphatic carbocycles. The maximum atomic E-state index is 13.1. The van der Waals surface area contributed by atoms with E-state index in [-0.39, 0.29) is 12.5 Å². The molecule has 1 amide bonds. The summed E-state index contributed by atoms with van der Waals surface area (Å²) in [6, 6.07) is 14.3. The summed E-state index contributed by atoms with van der Waals surface area (Å²) in [6.07, 6.45) is 2.42. The molecule has 2 N–H and O–H groups in total. The minimum atomic E-state index is 0.0554.